The standard InChI is InChI=1S/C14H17N3/c1-2-3-6-9-16-14-12(10-15)11-7-4-5-8-13(11)17-14/h4-5,7-8,16-17H,2-3,6,9H2,1H3. The molecule has 0 aliphatic carbocycles. The minimum Gasteiger partial charge on any atom is -0.371 e. The zero-order valence-electron chi connectivity index (χ0n) is 10.1. The lowest BCUT2D eigenvalue weighted by Crippen LogP contribution is -2.02. The second kappa shape index (κ2) is 5.40. The molecule has 2 N–H and O–H groups in total. The molecule has 17 heavy (non-hydrogen) atoms. The van der Waals surface area contributed by atoms with Crippen molar-refractivity contribution in [1.82, 2.24) is 4.98 Å². The van der Waals surface area contributed by atoms with Crippen molar-refractivity contribution >= 4 is 16.7 Å². The number of benzene rings is 1. The molecule has 0 spiro atoms. The average Bonchev–Trinajstić information content (AvgIpc) is 2.72. The molecule has 0 fully saturated rings. The van der Waals surface area contributed by atoms with Crippen LogP contribution in [0.4, 0.5) is 5.82 Å². The molecule has 2 aromatic rings. The summed E-state index contributed by atoms with van der Waals surface area (Å²) in [5.41, 5.74) is 1.74. The number of unbranched alkanes of at least 4 members (excludes halogenated alkanes) is 2. The second-order valence-corrected chi connectivity index (χ2v) is 4.17. The number of fused-ring (bicyclic) bond motifs is 1. The van der Waals surface area contributed by atoms with E-state index in [2.05, 4.69) is 23.3 Å². The number of para-hydroxylation sites is 1. The highest BCUT2D eigenvalue weighted by molar-refractivity contribution is 5.91. The summed E-state index contributed by atoms with van der Waals surface area (Å²) in [6.07, 6.45) is 3.56. The van der Waals surface area contributed by atoms with Crippen LogP contribution in [0.1, 0.15) is 31.7 Å². The molecular weight excluding hydrogens is 210 g/mol. The van der Waals surface area contributed by atoms with E-state index in [4.69, 9.17) is 0 Å². The monoisotopic (exact) mass is 227 g/mol. The van der Waals surface area contributed by atoms with Crippen molar-refractivity contribution in [3.8, 4) is 6.07 Å². The topological polar surface area (TPSA) is 51.6 Å². The predicted octanol–water partition coefficient (Wildman–Crippen LogP) is 3.64. The van der Waals surface area contributed by atoms with Gasteiger partial charge in [0, 0.05) is 17.4 Å². The Kier molecular flexibility index (Phi) is 3.66. The summed E-state index contributed by atoms with van der Waals surface area (Å²) in [4.78, 5) is 3.26. The van der Waals surface area contributed by atoms with Crippen LogP contribution < -0.4 is 5.32 Å². The van der Waals surface area contributed by atoms with Crippen LogP contribution >= 0.6 is 0 Å². The van der Waals surface area contributed by atoms with Gasteiger partial charge < -0.3 is 10.3 Å². The Morgan fingerprint density at radius 1 is 1.29 bits per heavy atom. The summed E-state index contributed by atoms with van der Waals surface area (Å²) >= 11 is 0. The van der Waals surface area contributed by atoms with Crippen molar-refractivity contribution < 1.29 is 0 Å². The Hall–Kier alpha value is -1.95. The van der Waals surface area contributed by atoms with Crippen LogP contribution in [0.25, 0.3) is 10.9 Å². The van der Waals surface area contributed by atoms with E-state index in [0.717, 1.165) is 35.2 Å². The third-order valence-electron chi connectivity index (χ3n) is 2.90. The number of anilines is 1. The summed E-state index contributed by atoms with van der Waals surface area (Å²) in [6, 6.07) is 10.2. The molecule has 0 saturated carbocycles. The summed E-state index contributed by atoms with van der Waals surface area (Å²) in [6.45, 7) is 3.10. The van der Waals surface area contributed by atoms with Gasteiger partial charge in [0.15, 0.2) is 0 Å². The Balaban J connectivity index is 2.19. The maximum atomic E-state index is 9.20. The number of nitriles is 1. The van der Waals surface area contributed by atoms with Gasteiger partial charge in [0.05, 0.1) is 0 Å². The largest absolute Gasteiger partial charge is 0.371 e. The van der Waals surface area contributed by atoms with Crippen LogP contribution in [0.3, 0.4) is 0 Å². The van der Waals surface area contributed by atoms with E-state index in [1.165, 1.54) is 12.8 Å². The molecule has 0 radical (unpaired) electrons. The molecule has 1 heterocycles. The molecule has 1 aromatic carbocycles. The Bertz CT molecular complexity index is 534. The van der Waals surface area contributed by atoms with Crippen LogP contribution in [0.2, 0.25) is 0 Å². The van der Waals surface area contributed by atoms with Gasteiger partial charge >= 0.3 is 0 Å². The smallest absolute Gasteiger partial charge is 0.122 e. The lowest BCUT2D eigenvalue weighted by molar-refractivity contribution is 0.742. The van der Waals surface area contributed by atoms with Crippen molar-refractivity contribution in [2.45, 2.75) is 26.2 Å². The molecular formula is C14H17N3. The van der Waals surface area contributed by atoms with E-state index in [9.17, 15) is 5.26 Å². The summed E-state index contributed by atoms with van der Waals surface area (Å²) in [5, 5.41) is 13.5. The molecule has 0 amide bonds. The van der Waals surface area contributed by atoms with E-state index >= 15 is 0 Å². The zero-order valence-corrected chi connectivity index (χ0v) is 10.1. The van der Waals surface area contributed by atoms with Crippen molar-refractivity contribution in [2.75, 3.05) is 11.9 Å². The number of hydrogen-bond acceptors (Lipinski definition) is 2. The highest BCUT2D eigenvalue weighted by Crippen LogP contribution is 2.25. The number of hydrogen-bond donors (Lipinski definition) is 2. The number of nitrogens with one attached hydrogen (secondary N) is 2. The maximum absolute atomic E-state index is 9.20. The third kappa shape index (κ3) is 2.42. The van der Waals surface area contributed by atoms with Crippen molar-refractivity contribution in [3.05, 3.63) is 29.8 Å². The lowest BCUT2D eigenvalue weighted by Gasteiger charge is -2.03. The highest BCUT2D eigenvalue weighted by atomic mass is 15.0. The lowest BCUT2D eigenvalue weighted by atomic mass is 10.2. The van der Waals surface area contributed by atoms with E-state index in [1.807, 2.05) is 24.3 Å². The fourth-order valence-corrected chi connectivity index (χ4v) is 1.98. The Labute approximate surface area is 101 Å². The van der Waals surface area contributed by atoms with Gasteiger partial charge in [-0.25, -0.2) is 0 Å². The number of aromatic amines is 1. The summed E-state index contributed by atoms with van der Waals surface area (Å²) in [5.74, 6) is 0.852. The van der Waals surface area contributed by atoms with Crippen molar-refractivity contribution in [2.24, 2.45) is 0 Å². The first-order chi connectivity index (χ1) is 8.36. The molecule has 0 saturated heterocycles. The van der Waals surface area contributed by atoms with Gasteiger partial charge in [0.25, 0.3) is 0 Å². The fraction of sp³-hybridized carbons (Fsp3) is 0.357. The van der Waals surface area contributed by atoms with E-state index in [1.54, 1.807) is 0 Å². The molecule has 0 aliphatic rings. The number of rotatable bonds is 5. The minimum atomic E-state index is 0.720. The second-order valence-electron chi connectivity index (χ2n) is 4.17. The van der Waals surface area contributed by atoms with Gasteiger partial charge in [-0.2, -0.15) is 5.26 Å². The quantitative estimate of drug-likeness (QED) is 0.766. The molecule has 88 valence electrons. The van der Waals surface area contributed by atoms with Crippen molar-refractivity contribution in [1.29, 1.82) is 5.26 Å². The van der Waals surface area contributed by atoms with Gasteiger partial charge in [-0.05, 0) is 12.5 Å². The maximum Gasteiger partial charge on any atom is 0.122 e. The van der Waals surface area contributed by atoms with Crippen LogP contribution in [-0.4, -0.2) is 11.5 Å². The fourth-order valence-electron chi connectivity index (χ4n) is 1.98. The molecule has 0 unspecified atom stereocenters. The van der Waals surface area contributed by atoms with Gasteiger partial charge in [0.1, 0.15) is 17.5 Å². The number of nitrogens with zero attached hydrogens (tertiary/aromatic N) is 1. The average molecular weight is 227 g/mol. The molecule has 3 heteroatoms. The van der Waals surface area contributed by atoms with Crippen LogP contribution in [0, 0.1) is 11.3 Å². The van der Waals surface area contributed by atoms with Crippen LogP contribution in [0.15, 0.2) is 24.3 Å². The van der Waals surface area contributed by atoms with Crippen LogP contribution in [0.5, 0.6) is 0 Å². The number of H-pyrrole nitrogens is 1. The summed E-state index contributed by atoms with van der Waals surface area (Å²) in [7, 11) is 0. The van der Waals surface area contributed by atoms with Crippen molar-refractivity contribution in [3.63, 3.8) is 0 Å². The SMILES string of the molecule is CCCCCNc1[nH]c2ccccc2c1C#N. The molecule has 1 aromatic heterocycles. The highest BCUT2D eigenvalue weighted by Gasteiger charge is 2.09. The first kappa shape index (κ1) is 11.5. The molecule has 3 nitrogen and oxygen atoms in total. The Morgan fingerprint density at radius 2 is 2.12 bits per heavy atom. The molecule has 2 rings (SSSR count). The minimum absolute atomic E-state index is 0.720. The first-order valence-electron chi connectivity index (χ1n) is 6.11. The predicted molar refractivity (Wildman–Crippen MR) is 71.0 cm³/mol. The molecule has 0 aliphatic heterocycles. The van der Waals surface area contributed by atoms with E-state index in [0.29, 0.717) is 0 Å². The molecule has 0 bridgehead atoms. The first-order valence-corrected chi connectivity index (χ1v) is 6.11. The zero-order chi connectivity index (χ0) is 12.1. The number of aromatic nitrogens is 1. The molecule has 0 atom stereocenters. The van der Waals surface area contributed by atoms with Gasteiger partial charge in [0.2, 0.25) is 0 Å². The van der Waals surface area contributed by atoms with E-state index in [-0.39, 0.29) is 0 Å². The summed E-state index contributed by atoms with van der Waals surface area (Å²) < 4.78 is 0. The normalized spacial score (nSPS) is 10.4. The van der Waals surface area contributed by atoms with Gasteiger partial charge in [-0.3, -0.25) is 0 Å². The van der Waals surface area contributed by atoms with Gasteiger partial charge in [-0.15, -0.1) is 0 Å². The van der Waals surface area contributed by atoms with Gasteiger partial charge in [-0.1, -0.05) is 38.0 Å². The van der Waals surface area contributed by atoms with E-state index < -0.39 is 0 Å². The van der Waals surface area contributed by atoms with Crippen LogP contribution in [-0.2, 0) is 0 Å². The third-order valence-corrected chi connectivity index (χ3v) is 2.90. The Morgan fingerprint density at radius 3 is 2.88 bits per heavy atom.